The van der Waals surface area contributed by atoms with E-state index < -0.39 is 0 Å². The summed E-state index contributed by atoms with van der Waals surface area (Å²) in [5.41, 5.74) is 0. The standard InChI is InChI=1S/C10H13N5OS/c1-7(2)6-15-4-3-11-10(15)13-9(16)8-5-12-14-17-8/h3-5,7H,6H2,1-2H3,(H,11,13,16). The normalized spacial score (nSPS) is 10.8. The number of aromatic nitrogens is 4. The van der Waals surface area contributed by atoms with Crippen LogP contribution in [0.25, 0.3) is 0 Å². The van der Waals surface area contributed by atoms with Gasteiger partial charge in [0.15, 0.2) is 0 Å². The fraction of sp³-hybridized carbons (Fsp3) is 0.400. The van der Waals surface area contributed by atoms with Gasteiger partial charge in [-0.2, -0.15) is 0 Å². The van der Waals surface area contributed by atoms with Gasteiger partial charge in [-0.3, -0.25) is 10.1 Å². The molecule has 0 aliphatic heterocycles. The Balaban J connectivity index is 2.08. The van der Waals surface area contributed by atoms with Crippen molar-refractivity contribution >= 4 is 23.4 Å². The largest absolute Gasteiger partial charge is 0.317 e. The minimum atomic E-state index is -0.226. The van der Waals surface area contributed by atoms with Crippen LogP contribution in [0.1, 0.15) is 23.5 Å². The summed E-state index contributed by atoms with van der Waals surface area (Å²) in [6, 6.07) is 0. The summed E-state index contributed by atoms with van der Waals surface area (Å²) in [7, 11) is 0. The molecular formula is C10H13N5OS. The molecule has 0 fully saturated rings. The molecule has 0 saturated heterocycles. The van der Waals surface area contributed by atoms with Crippen LogP contribution in [-0.4, -0.2) is 25.0 Å². The summed E-state index contributed by atoms with van der Waals surface area (Å²) in [5, 5.41) is 6.37. The van der Waals surface area contributed by atoms with E-state index in [4.69, 9.17) is 0 Å². The monoisotopic (exact) mass is 251 g/mol. The second-order valence-electron chi connectivity index (χ2n) is 4.03. The van der Waals surface area contributed by atoms with E-state index in [1.54, 1.807) is 6.20 Å². The van der Waals surface area contributed by atoms with E-state index in [0.717, 1.165) is 18.1 Å². The zero-order valence-corrected chi connectivity index (χ0v) is 10.4. The van der Waals surface area contributed by atoms with Crippen molar-refractivity contribution < 1.29 is 4.79 Å². The molecule has 2 heterocycles. The van der Waals surface area contributed by atoms with Crippen molar-refractivity contribution in [1.29, 1.82) is 0 Å². The molecule has 0 spiro atoms. The molecule has 17 heavy (non-hydrogen) atoms. The van der Waals surface area contributed by atoms with E-state index in [-0.39, 0.29) is 5.91 Å². The molecule has 0 aromatic carbocycles. The first kappa shape index (κ1) is 11.7. The Kier molecular flexibility index (Phi) is 3.48. The summed E-state index contributed by atoms with van der Waals surface area (Å²) in [6.45, 7) is 5.04. The molecule has 2 rings (SSSR count). The van der Waals surface area contributed by atoms with Crippen LogP contribution in [0.15, 0.2) is 18.6 Å². The smallest absolute Gasteiger partial charge is 0.271 e. The molecule has 1 amide bonds. The lowest BCUT2D eigenvalue weighted by atomic mass is 10.2. The molecule has 2 aromatic rings. The number of amides is 1. The summed E-state index contributed by atoms with van der Waals surface area (Å²) in [6.07, 6.45) is 4.96. The maximum Gasteiger partial charge on any atom is 0.271 e. The number of nitrogens with zero attached hydrogens (tertiary/aromatic N) is 4. The van der Waals surface area contributed by atoms with Crippen molar-refractivity contribution in [3.05, 3.63) is 23.5 Å². The zero-order valence-electron chi connectivity index (χ0n) is 9.62. The second-order valence-corrected chi connectivity index (χ2v) is 4.82. The van der Waals surface area contributed by atoms with Crippen molar-refractivity contribution in [1.82, 2.24) is 19.1 Å². The van der Waals surface area contributed by atoms with Crippen molar-refractivity contribution in [2.45, 2.75) is 20.4 Å². The van der Waals surface area contributed by atoms with E-state index >= 15 is 0 Å². The van der Waals surface area contributed by atoms with Gasteiger partial charge in [0.1, 0.15) is 4.88 Å². The maximum absolute atomic E-state index is 11.8. The van der Waals surface area contributed by atoms with Crippen molar-refractivity contribution in [3.8, 4) is 0 Å². The predicted molar refractivity (Wildman–Crippen MR) is 64.9 cm³/mol. The van der Waals surface area contributed by atoms with E-state index in [0.29, 0.717) is 16.7 Å². The van der Waals surface area contributed by atoms with Crippen LogP contribution in [0, 0.1) is 5.92 Å². The number of carbonyl (C=O) groups is 1. The third-order valence-corrected chi connectivity index (χ3v) is 2.75. The molecule has 7 heteroatoms. The Labute approximate surface area is 103 Å². The van der Waals surface area contributed by atoms with Gasteiger partial charge in [0, 0.05) is 18.9 Å². The van der Waals surface area contributed by atoms with Crippen molar-refractivity contribution in [2.75, 3.05) is 5.32 Å². The number of hydrogen-bond donors (Lipinski definition) is 1. The van der Waals surface area contributed by atoms with Gasteiger partial charge >= 0.3 is 0 Å². The summed E-state index contributed by atoms with van der Waals surface area (Å²) >= 11 is 1.06. The molecule has 2 aromatic heterocycles. The van der Waals surface area contributed by atoms with Crippen molar-refractivity contribution in [3.63, 3.8) is 0 Å². The van der Waals surface area contributed by atoms with E-state index in [2.05, 4.69) is 33.7 Å². The highest BCUT2D eigenvalue weighted by molar-refractivity contribution is 7.07. The Hall–Kier alpha value is -1.76. The Morgan fingerprint density at radius 2 is 2.41 bits per heavy atom. The van der Waals surface area contributed by atoms with Crippen LogP contribution in [-0.2, 0) is 6.54 Å². The van der Waals surface area contributed by atoms with Gasteiger partial charge in [0.25, 0.3) is 5.91 Å². The first-order valence-corrected chi connectivity index (χ1v) is 6.04. The number of carbonyl (C=O) groups excluding carboxylic acids is 1. The molecule has 0 bridgehead atoms. The quantitative estimate of drug-likeness (QED) is 0.896. The molecular weight excluding hydrogens is 238 g/mol. The average molecular weight is 251 g/mol. The lowest BCUT2D eigenvalue weighted by Gasteiger charge is -2.10. The van der Waals surface area contributed by atoms with Crippen molar-refractivity contribution in [2.24, 2.45) is 5.92 Å². The summed E-state index contributed by atoms with van der Waals surface area (Å²) in [4.78, 5) is 16.4. The van der Waals surface area contributed by atoms with E-state index in [1.807, 2.05) is 10.8 Å². The molecule has 0 aliphatic carbocycles. The van der Waals surface area contributed by atoms with Gasteiger partial charge in [0.05, 0.1) is 6.20 Å². The minimum Gasteiger partial charge on any atom is -0.317 e. The lowest BCUT2D eigenvalue weighted by Crippen LogP contribution is -2.16. The first-order chi connectivity index (χ1) is 8.16. The highest BCUT2D eigenvalue weighted by atomic mass is 32.1. The Bertz CT molecular complexity index is 491. The third-order valence-electron chi connectivity index (χ3n) is 2.09. The SMILES string of the molecule is CC(C)Cn1ccnc1NC(=O)c1cnns1. The van der Waals surface area contributed by atoms with Gasteiger partial charge < -0.3 is 4.57 Å². The van der Waals surface area contributed by atoms with Crippen LogP contribution in [0.3, 0.4) is 0 Å². The highest BCUT2D eigenvalue weighted by Gasteiger charge is 2.12. The molecule has 0 atom stereocenters. The first-order valence-electron chi connectivity index (χ1n) is 5.26. The second kappa shape index (κ2) is 5.05. The maximum atomic E-state index is 11.8. The van der Waals surface area contributed by atoms with Crippen LogP contribution in [0.5, 0.6) is 0 Å². The number of rotatable bonds is 4. The van der Waals surface area contributed by atoms with Gasteiger partial charge in [-0.05, 0) is 17.5 Å². The molecule has 0 radical (unpaired) electrons. The molecule has 0 aliphatic rings. The summed E-state index contributed by atoms with van der Waals surface area (Å²) < 4.78 is 5.56. The van der Waals surface area contributed by atoms with Crippen LogP contribution >= 0.6 is 11.5 Å². The Morgan fingerprint density at radius 1 is 1.59 bits per heavy atom. The predicted octanol–water partition coefficient (Wildman–Crippen LogP) is 1.64. The van der Waals surface area contributed by atoms with E-state index in [1.165, 1.54) is 6.20 Å². The number of hydrogen-bond acceptors (Lipinski definition) is 5. The van der Waals surface area contributed by atoms with Crippen LogP contribution < -0.4 is 5.32 Å². The lowest BCUT2D eigenvalue weighted by molar-refractivity contribution is 0.102. The van der Waals surface area contributed by atoms with Gasteiger partial charge in [-0.25, -0.2) is 4.98 Å². The highest BCUT2D eigenvalue weighted by Crippen LogP contribution is 2.11. The van der Waals surface area contributed by atoms with Gasteiger partial charge in [0.2, 0.25) is 5.95 Å². The number of nitrogens with one attached hydrogen (secondary N) is 1. The Morgan fingerprint density at radius 3 is 3.06 bits per heavy atom. The summed E-state index contributed by atoms with van der Waals surface area (Å²) in [5.74, 6) is 0.818. The van der Waals surface area contributed by atoms with E-state index in [9.17, 15) is 4.79 Å². The molecule has 0 unspecified atom stereocenters. The fourth-order valence-corrected chi connectivity index (χ4v) is 1.81. The fourth-order valence-electron chi connectivity index (χ4n) is 1.40. The zero-order chi connectivity index (χ0) is 12.3. The number of imidazole rings is 1. The van der Waals surface area contributed by atoms with Crippen LogP contribution in [0.2, 0.25) is 0 Å². The third kappa shape index (κ3) is 2.88. The molecule has 0 saturated carbocycles. The average Bonchev–Trinajstić information content (AvgIpc) is 2.89. The molecule has 1 N–H and O–H groups in total. The molecule has 90 valence electrons. The van der Waals surface area contributed by atoms with Gasteiger partial charge in [-0.15, -0.1) is 5.10 Å². The van der Waals surface area contributed by atoms with Crippen LogP contribution in [0.4, 0.5) is 5.95 Å². The molecule has 6 nitrogen and oxygen atoms in total. The topological polar surface area (TPSA) is 72.7 Å². The number of anilines is 1. The minimum absolute atomic E-state index is 0.226. The van der Waals surface area contributed by atoms with Gasteiger partial charge in [-0.1, -0.05) is 18.3 Å².